The summed E-state index contributed by atoms with van der Waals surface area (Å²) in [4.78, 5) is 31.1. The summed E-state index contributed by atoms with van der Waals surface area (Å²) in [6.45, 7) is 0. The Morgan fingerprint density at radius 3 is 1.39 bits per heavy atom. The van der Waals surface area contributed by atoms with E-state index in [1.54, 1.807) is 49.1 Å². The summed E-state index contributed by atoms with van der Waals surface area (Å²) in [5.41, 5.74) is 1.06. The van der Waals surface area contributed by atoms with E-state index >= 15 is 0 Å². The van der Waals surface area contributed by atoms with Crippen LogP contribution in [0.25, 0.3) is 0 Å². The molecule has 0 atom stereocenters. The molecule has 0 saturated heterocycles. The smallest absolute Gasteiger partial charge is 0.230 e. The molecule has 0 amide bonds. The lowest BCUT2D eigenvalue weighted by atomic mass is 10.3. The summed E-state index contributed by atoms with van der Waals surface area (Å²) < 4.78 is 0. The summed E-state index contributed by atoms with van der Waals surface area (Å²) in [5.74, 6) is 0. The van der Waals surface area contributed by atoms with Crippen LogP contribution in [0.5, 0.6) is 0 Å². The predicted octanol–water partition coefficient (Wildman–Crippen LogP) is 2.84. The van der Waals surface area contributed by atoms with Gasteiger partial charge in [0.1, 0.15) is 0 Å². The molecule has 0 fully saturated rings. The third-order valence-corrected chi connectivity index (χ3v) is 4.04. The second-order valence-electron chi connectivity index (χ2n) is 3.21. The largest absolute Gasteiger partial charge is 0.281 e. The van der Waals surface area contributed by atoms with Crippen LogP contribution in [-0.2, 0) is 0 Å². The van der Waals surface area contributed by atoms with E-state index in [2.05, 4.69) is 9.97 Å². The number of aromatic nitrogens is 2. The quantitative estimate of drug-likeness (QED) is 0.786. The summed E-state index contributed by atoms with van der Waals surface area (Å²) in [5, 5.41) is -0.324. The van der Waals surface area contributed by atoms with Crippen LogP contribution in [0.15, 0.2) is 49.1 Å². The topological polar surface area (TPSA) is 59.9 Å². The van der Waals surface area contributed by atoms with Gasteiger partial charge in [0.25, 0.3) is 0 Å². The van der Waals surface area contributed by atoms with Crippen molar-refractivity contribution < 1.29 is 9.59 Å². The Labute approximate surface area is 112 Å². The van der Waals surface area contributed by atoms with Crippen molar-refractivity contribution in [2.24, 2.45) is 0 Å². The van der Waals surface area contributed by atoms with Crippen LogP contribution < -0.4 is 0 Å². The zero-order valence-corrected chi connectivity index (χ0v) is 10.8. The van der Waals surface area contributed by atoms with Gasteiger partial charge in [0.2, 0.25) is 10.2 Å². The maximum absolute atomic E-state index is 11.7. The van der Waals surface area contributed by atoms with E-state index in [0.29, 0.717) is 11.1 Å². The fourth-order valence-corrected chi connectivity index (χ4v) is 2.80. The maximum atomic E-state index is 11.7. The molecule has 6 heteroatoms. The average Bonchev–Trinajstić information content (AvgIpc) is 2.46. The highest BCUT2D eigenvalue weighted by atomic mass is 33.1. The zero-order chi connectivity index (χ0) is 12.8. The van der Waals surface area contributed by atoms with Gasteiger partial charge in [-0.1, -0.05) is 0 Å². The van der Waals surface area contributed by atoms with Crippen molar-refractivity contribution in [2.45, 2.75) is 0 Å². The molecule has 0 aliphatic rings. The van der Waals surface area contributed by atoms with Crippen molar-refractivity contribution >= 4 is 31.8 Å². The molecule has 0 aliphatic carbocycles. The van der Waals surface area contributed by atoms with E-state index in [1.807, 2.05) is 0 Å². The molecular formula is C12H8N2O2S2. The lowest BCUT2D eigenvalue weighted by molar-refractivity contribution is 0.107. The molecule has 2 heterocycles. The predicted molar refractivity (Wildman–Crippen MR) is 72.3 cm³/mol. The Bertz CT molecular complexity index is 495. The number of carbonyl (C=O) groups excluding carboxylic acids is 2. The second kappa shape index (κ2) is 6.32. The number of pyridine rings is 2. The SMILES string of the molecule is O=C(SSC(=O)c1ccncc1)c1ccncc1. The Hall–Kier alpha value is -1.66. The van der Waals surface area contributed by atoms with Gasteiger partial charge in [-0.05, 0) is 45.9 Å². The molecule has 2 aromatic heterocycles. The first-order valence-corrected chi connectivity index (χ1v) is 7.15. The molecule has 90 valence electrons. The van der Waals surface area contributed by atoms with Crippen molar-refractivity contribution in [1.82, 2.24) is 9.97 Å². The Morgan fingerprint density at radius 2 is 1.06 bits per heavy atom. The van der Waals surface area contributed by atoms with E-state index in [-0.39, 0.29) is 10.2 Å². The van der Waals surface area contributed by atoms with Crippen LogP contribution in [0.1, 0.15) is 20.7 Å². The van der Waals surface area contributed by atoms with Gasteiger partial charge in [0.15, 0.2) is 0 Å². The summed E-state index contributed by atoms with van der Waals surface area (Å²) >= 11 is 0. The lowest BCUT2D eigenvalue weighted by Gasteiger charge is -1.99. The third kappa shape index (κ3) is 3.41. The first kappa shape index (κ1) is 12.8. The molecule has 0 unspecified atom stereocenters. The molecule has 4 nitrogen and oxygen atoms in total. The van der Waals surface area contributed by atoms with Crippen LogP contribution in [-0.4, -0.2) is 20.2 Å². The second-order valence-corrected chi connectivity index (χ2v) is 5.29. The summed E-state index contributed by atoms with van der Waals surface area (Å²) in [6.07, 6.45) is 6.18. The van der Waals surface area contributed by atoms with Crippen molar-refractivity contribution in [3.05, 3.63) is 60.2 Å². The maximum Gasteiger partial charge on any atom is 0.230 e. The number of rotatable bonds is 2. The summed E-state index contributed by atoms with van der Waals surface area (Å²) in [7, 11) is 1.82. The van der Waals surface area contributed by atoms with E-state index in [4.69, 9.17) is 0 Å². The minimum absolute atomic E-state index is 0.162. The van der Waals surface area contributed by atoms with Gasteiger partial charge in [-0.15, -0.1) is 0 Å². The summed E-state index contributed by atoms with van der Waals surface area (Å²) in [6, 6.07) is 6.47. The number of hydrogen-bond donors (Lipinski definition) is 0. The van der Waals surface area contributed by atoms with Crippen molar-refractivity contribution in [2.75, 3.05) is 0 Å². The normalized spacial score (nSPS) is 10.0. The van der Waals surface area contributed by atoms with Gasteiger partial charge < -0.3 is 0 Å². The molecule has 0 aliphatic heterocycles. The van der Waals surface area contributed by atoms with Crippen molar-refractivity contribution in [3.63, 3.8) is 0 Å². The average molecular weight is 276 g/mol. The standard InChI is InChI=1S/C12H8N2O2S2/c15-11(9-1-5-13-6-2-9)17-18-12(16)10-3-7-14-8-4-10/h1-8H. The number of nitrogens with zero attached hydrogens (tertiary/aromatic N) is 2. The van der Waals surface area contributed by atoms with E-state index < -0.39 is 0 Å². The van der Waals surface area contributed by atoms with Crippen LogP contribution in [0.4, 0.5) is 0 Å². The first-order valence-electron chi connectivity index (χ1n) is 5.00. The first-order chi connectivity index (χ1) is 8.77. The molecular weight excluding hydrogens is 268 g/mol. The van der Waals surface area contributed by atoms with Crippen LogP contribution >= 0.6 is 21.6 Å². The highest BCUT2D eigenvalue weighted by molar-refractivity contribution is 8.87. The highest BCUT2D eigenvalue weighted by Gasteiger charge is 2.12. The molecule has 0 radical (unpaired) electrons. The third-order valence-electron chi connectivity index (χ3n) is 2.03. The van der Waals surface area contributed by atoms with E-state index in [0.717, 1.165) is 21.6 Å². The molecule has 0 saturated carbocycles. The Morgan fingerprint density at radius 1 is 0.722 bits per heavy atom. The molecule has 0 aromatic carbocycles. The van der Waals surface area contributed by atoms with Gasteiger partial charge in [0, 0.05) is 35.9 Å². The fourth-order valence-electron chi connectivity index (χ4n) is 1.15. The van der Waals surface area contributed by atoms with Gasteiger partial charge in [-0.2, -0.15) is 0 Å². The highest BCUT2D eigenvalue weighted by Crippen LogP contribution is 2.28. The van der Waals surface area contributed by atoms with Crippen LogP contribution in [0.2, 0.25) is 0 Å². The molecule has 18 heavy (non-hydrogen) atoms. The number of hydrogen-bond acceptors (Lipinski definition) is 6. The van der Waals surface area contributed by atoms with Crippen molar-refractivity contribution in [1.29, 1.82) is 0 Å². The monoisotopic (exact) mass is 276 g/mol. The van der Waals surface area contributed by atoms with Crippen LogP contribution in [0, 0.1) is 0 Å². The van der Waals surface area contributed by atoms with Gasteiger partial charge >= 0.3 is 0 Å². The zero-order valence-electron chi connectivity index (χ0n) is 9.15. The molecule has 0 N–H and O–H groups in total. The Kier molecular flexibility index (Phi) is 4.49. The fraction of sp³-hybridized carbons (Fsp3) is 0. The number of carbonyl (C=O) groups is 2. The lowest BCUT2D eigenvalue weighted by Crippen LogP contribution is -1.95. The van der Waals surface area contributed by atoms with Gasteiger partial charge in [-0.25, -0.2) is 0 Å². The Balaban J connectivity index is 1.93. The molecule has 2 aromatic rings. The van der Waals surface area contributed by atoms with Gasteiger partial charge in [-0.3, -0.25) is 19.6 Å². The minimum Gasteiger partial charge on any atom is -0.281 e. The molecule has 0 spiro atoms. The molecule has 2 rings (SSSR count). The van der Waals surface area contributed by atoms with Gasteiger partial charge in [0.05, 0.1) is 0 Å². The molecule has 0 bridgehead atoms. The van der Waals surface area contributed by atoms with E-state index in [1.165, 1.54) is 0 Å². The van der Waals surface area contributed by atoms with Crippen LogP contribution in [0.3, 0.4) is 0 Å². The van der Waals surface area contributed by atoms with E-state index in [9.17, 15) is 9.59 Å². The van der Waals surface area contributed by atoms with Crippen molar-refractivity contribution in [3.8, 4) is 0 Å². The minimum atomic E-state index is -0.162.